The summed E-state index contributed by atoms with van der Waals surface area (Å²) in [5, 5.41) is 28.2. The van der Waals surface area contributed by atoms with Crippen molar-refractivity contribution in [2.45, 2.75) is 5.41 Å². The standard InChI is InChI=1S/C29H20O7/c30-17-18-1-9-22(10-2-18)29(23-11-3-19(4-12-23)26(31)32,24-13-5-20(6-14-24)27(33)34)25-15-7-21(8-16-25)28(35)36/h1-17H,(H,31,32)(H,33,34)(H,35,36). The molecule has 0 saturated heterocycles. The number of carbonyl (C=O) groups excluding carboxylic acids is 1. The molecule has 0 aliphatic carbocycles. The first-order valence-corrected chi connectivity index (χ1v) is 10.8. The van der Waals surface area contributed by atoms with Gasteiger partial charge in [-0.2, -0.15) is 0 Å². The molecule has 3 N–H and O–H groups in total. The van der Waals surface area contributed by atoms with Crippen LogP contribution in [0.2, 0.25) is 0 Å². The maximum Gasteiger partial charge on any atom is 0.335 e. The molecule has 7 nitrogen and oxygen atoms in total. The second kappa shape index (κ2) is 9.68. The van der Waals surface area contributed by atoms with Crippen LogP contribution in [0, 0.1) is 0 Å². The molecular weight excluding hydrogens is 460 g/mol. The van der Waals surface area contributed by atoms with Gasteiger partial charge in [0.05, 0.1) is 22.1 Å². The second-order valence-corrected chi connectivity index (χ2v) is 8.14. The molecule has 0 amide bonds. The summed E-state index contributed by atoms with van der Waals surface area (Å²) in [5.74, 6) is -3.25. The Morgan fingerprint density at radius 3 is 0.944 bits per heavy atom. The minimum absolute atomic E-state index is 0.0893. The molecule has 4 rings (SSSR count). The van der Waals surface area contributed by atoms with Crippen LogP contribution >= 0.6 is 0 Å². The van der Waals surface area contributed by atoms with Crippen LogP contribution in [0.5, 0.6) is 0 Å². The number of rotatable bonds is 8. The largest absolute Gasteiger partial charge is 0.478 e. The summed E-state index contributed by atoms with van der Waals surface area (Å²) < 4.78 is 0. The Labute approximate surface area is 205 Å². The highest BCUT2D eigenvalue weighted by molar-refractivity contribution is 5.89. The Balaban J connectivity index is 2.09. The first-order valence-electron chi connectivity index (χ1n) is 10.8. The molecule has 0 radical (unpaired) electrons. The normalized spacial score (nSPS) is 11.0. The quantitative estimate of drug-likeness (QED) is 0.240. The first-order chi connectivity index (χ1) is 17.3. The molecule has 0 aliphatic heterocycles. The molecule has 0 aromatic heterocycles. The summed E-state index contributed by atoms with van der Waals surface area (Å²) in [4.78, 5) is 45.8. The Bertz CT molecular complexity index is 1290. The number of aldehydes is 1. The number of carboxylic acid groups (broad SMARTS) is 3. The van der Waals surface area contributed by atoms with E-state index in [1.807, 2.05) is 0 Å². The predicted octanol–water partition coefficient (Wildman–Crippen LogP) is 4.98. The van der Waals surface area contributed by atoms with Crippen LogP contribution < -0.4 is 0 Å². The van der Waals surface area contributed by atoms with Crippen LogP contribution in [0.1, 0.15) is 63.7 Å². The van der Waals surface area contributed by atoms with Gasteiger partial charge in [0.1, 0.15) is 6.29 Å². The van der Waals surface area contributed by atoms with Crippen LogP contribution in [-0.2, 0) is 5.41 Å². The molecular formula is C29H20O7. The number of hydrogen-bond acceptors (Lipinski definition) is 4. The van der Waals surface area contributed by atoms with E-state index >= 15 is 0 Å². The lowest BCUT2D eigenvalue weighted by atomic mass is 9.65. The number of carboxylic acids is 3. The summed E-state index contributed by atoms with van der Waals surface area (Å²) in [6.45, 7) is 0. The van der Waals surface area contributed by atoms with Gasteiger partial charge in [-0.25, -0.2) is 14.4 Å². The SMILES string of the molecule is O=Cc1ccc(C(c2ccc(C(=O)O)cc2)(c2ccc(C(=O)O)cc2)c2ccc(C(=O)O)cc2)cc1. The van der Waals surface area contributed by atoms with Crippen molar-refractivity contribution in [2.24, 2.45) is 0 Å². The van der Waals surface area contributed by atoms with E-state index < -0.39 is 23.3 Å². The van der Waals surface area contributed by atoms with Gasteiger partial charge >= 0.3 is 17.9 Å². The van der Waals surface area contributed by atoms with Crippen molar-refractivity contribution in [1.29, 1.82) is 0 Å². The van der Waals surface area contributed by atoms with Gasteiger partial charge < -0.3 is 15.3 Å². The molecule has 0 fully saturated rings. The van der Waals surface area contributed by atoms with Gasteiger partial charge in [0.2, 0.25) is 0 Å². The Kier molecular flexibility index (Phi) is 6.48. The minimum atomic E-state index is -1.09. The first kappa shape index (κ1) is 24.1. The molecule has 0 atom stereocenters. The van der Waals surface area contributed by atoms with Gasteiger partial charge in [-0.3, -0.25) is 4.79 Å². The smallest absolute Gasteiger partial charge is 0.335 e. The van der Waals surface area contributed by atoms with Crippen LogP contribution in [0.25, 0.3) is 0 Å². The molecule has 0 aliphatic rings. The number of carbonyl (C=O) groups is 4. The van der Waals surface area contributed by atoms with E-state index in [1.165, 1.54) is 36.4 Å². The Morgan fingerprint density at radius 1 is 0.472 bits per heavy atom. The molecule has 36 heavy (non-hydrogen) atoms. The third-order valence-corrected chi connectivity index (χ3v) is 6.17. The summed E-state index contributed by atoms with van der Waals surface area (Å²) in [6.07, 6.45) is 0.719. The zero-order chi connectivity index (χ0) is 25.9. The third-order valence-electron chi connectivity index (χ3n) is 6.17. The van der Waals surface area contributed by atoms with Gasteiger partial charge in [-0.15, -0.1) is 0 Å². The van der Waals surface area contributed by atoms with Crippen LogP contribution in [0.3, 0.4) is 0 Å². The van der Waals surface area contributed by atoms with Gasteiger partial charge in [-0.05, 0) is 58.7 Å². The lowest BCUT2D eigenvalue weighted by molar-refractivity contribution is 0.0686. The summed E-state index contributed by atoms with van der Waals surface area (Å²) in [6, 6.07) is 25.7. The van der Waals surface area contributed by atoms with Crippen LogP contribution in [0.15, 0.2) is 97.1 Å². The van der Waals surface area contributed by atoms with Crippen molar-refractivity contribution in [3.63, 3.8) is 0 Å². The predicted molar refractivity (Wildman–Crippen MR) is 131 cm³/mol. The van der Waals surface area contributed by atoms with E-state index in [-0.39, 0.29) is 16.7 Å². The zero-order valence-corrected chi connectivity index (χ0v) is 18.8. The van der Waals surface area contributed by atoms with Crippen LogP contribution in [0.4, 0.5) is 0 Å². The van der Waals surface area contributed by atoms with Crippen LogP contribution in [-0.4, -0.2) is 39.5 Å². The van der Waals surface area contributed by atoms with Crippen molar-refractivity contribution < 1.29 is 34.5 Å². The molecule has 0 saturated carbocycles. The molecule has 0 bridgehead atoms. The van der Waals surface area contributed by atoms with Gasteiger partial charge in [0.15, 0.2) is 0 Å². The highest BCUT2D eigenvalue weighted by Crippen LogP contribution is 2.45. The van der Waals surface area contributed by atoms with Crippen molar-refractivity contribution in [2.75, 3.05) is 0 Å². The second-order valence-electron chi connectivity index (χ2n) is 8.14. The zero-order valence-electron chi connectivity index (χ0n) is 18.8. The van der Waals surface area contributed by atoms with Crippen molar-refractivity contribution in [3.05, 3.63) is 142 Å². The maximum absolute atomic E-state index is 11.5. The average molecular weight is 480 g/mol. The van der Waals surface area contributed by atoms with E-state index in [2.05, 4.69) is 0 Å². The van der Waals surface area contributed by atoms with Crippen molar-refractivity contribution in [1.82, 2.24) is 0 Å². The summed E-state index contributed by atoms with van der Waals surface area (Å²) in [5.41, 5.74) is 2.34. The molecule has 0 spiro atoms. The van der Waals surface area contributed by atoms with E-state index in [0.717, 1.165) is 6.29 Å². The third kappa shape index (κ3) is 4.25. The van der Waals surface area contributed by atoms with Crippen molar-refractivity contribution >= 4 is 24.2 Å². The Hall–Kier alpha value is -5.04. The number of hydrogen-bond donors (Lipinski definition) is 3. The molecule has 0 heterocycles. The molecule has 7 heteroatoms. The van der Waals surface area contributed by atoms with E-state index in [4.69, 9.17) is 0 Å². The Morgan fingerprint density at radius 2 is 0.722 bits per heavy atom. The fourth-order valence-corrected chi connectivity index (χ4v) is 4.40. The highest BCUT2D eigenvalue weighted by atomic mass is 16.4. The molecule has 4 aromatic carbocycles. The fourth-order valence-electron chi connectivity index (χ4n) is 4.40. The van der Waals surface area contributed by atoms with E-state index in [9.17, 15) is 34.5 Å². The topological polar surface area (TPSA) is 129 Å². The van der Waals surface area contributed by atoms with Gasteiger partial charge in [-0.1, -0.05) is 60.7 Å². The van der Waals surface area contributed by atoms with E-state index in [0.29, 0.717) is 27.8 Å². The van der Waals surface area contributed by atoms with Gasteiger partial charge in [0.25, 0.3) is 0 Å². The minimum Gasteiger partial charge on any atom is -0.478 e. The molecule has 4 aromatic rings. The lowest BCUT2D eigenvalue weighted by Gasteiger charge is -2.37. The summed E-state index contributed by atoms with van der Waals surface area (Å²) >= 11 is 0. The lowest BCUT2D eigenvalue weighted by Crippen LogP contribution is -2.31. The highest BCUT2D eigenvalue weighted by Gasteiger charge is 2.38. The molecule has 0 unspecified atom stereocenters. The molecule has 178 valence electrons. The van der Waals surface area contributed by atoms with E-state index in [1.54, 1.807) is 60.7 Å². The monoisotopic (exact) mass is 480 g/mol. The number of aromatic carboxylic acids is 3. The maximum atomic E-state index is 11.5. The van der Waals surface area contributed by atoms with Crippen molar-refractivity contribution in [3.8, 4) is 0 Å². The number of benzene rings is 4. The van der Waals surface area contributed by atoms with Gasteiger partial charge in [0, 0.05) is 5.56 Å². The average Bonchev–Trinajstić information content (AvgIpc) is 2.90. The summed E-state index contributed by atoms with van der Waals surface area (Å²) in [7, 11) is 0. The fraction of sp³-hybridized carbons (Fsp3) is 0.0345.